The van der Waals surface area contributed by atoms with Gasteiger partial charge in [0.15, 0.2) is 5.82 Å². The van der Waals surface area contributed by atoms with Crippen LogP contribution in [0.5, 0.6) is 0 Å². The van der Waals surface area contributed by atoms with Crippen LogP contribution in [0.1, 0.15) is 44.8 Å². The summed E-state index contributed by atoms with van der Waals surface area (Å²) in [4.78, 5) is 4.49. The van der Waals surface area contributed by atoms with Gasteiger partial charge in [0.05, 0.1) is 5.41 Å². The van der Waals surface area contributed by atoms with Gasteiger partial charge in [0.1, 0.15) is 0 Å². The molecule has 2 rings (SSSR count). The zero-order valence-electron chi connectivity index (χ0n) is 9.55. The first-order chi connectivity index (χ1) is 7.30. The second kappa shape index (κ2) is 4.31. The zero-order chi connectivity index (χ0) is 10.7. The summed E-state index contributed by atoms with van der Waals surface area (Å²) < 4.78 is 5.40. The van der Waals surface area contributed by atoms with Gasteiger partial charge in [0.25, 0.3) is 0 Å². The van der Waals surface area contributed by atoms with Crippen molar-refractivity contribution in [1.82, 2.24) is 15.5 Å². The standard InChI is InChI=1S/C11H19N3O/c1-3-9-13-10(15-14-9)11(4-2)5-7-12-8-6-11/h12H,3-8H2,1-2H3. The molecule has 0 atom stereocenters. The highest BCUT2D eigenvalue weighted by atomic mass is 16.5. The minimum atomic E-state index is 0.131. The van der Waals surface area contributed by atoms with Crippen LogP contribution >= 0.6 is 0 Å². The maximum absolute atomic E-state index is 5.40. The molecule has 0 spiro atoms. The highest BCUT2D eigenvalue weighted by Gasteiger charge is 2.37. The molecule has 1 aromatic heterocycles. The molecule has 4 heteroatoms. The lowest BCUT2D eigenvalue weighted by molar-refractivity contribution is 0.216. The molecule has 0 radical (unpaired) electrons. The Bertz CT molecular complexity index is 315. The second-order valence-corrected chi connectivity index (χ2v) is 4.25. The quantitative estimate of drug-likeness (QED) is 0.822. The largest absolute Gasteiger partial charge is 0.339 e. The van der Waals surface area contributed by atoms with Crippen molar-refractivity contribution < 1.29 is 4.52 Å². The number of hydrogen-bond acceptors (Lipinski definition) is 4. The van der Waals surface area contributed by atoms with Crippen LogP contribution < -0.4 is 5.32 Å². The molecule has 1 saturated heterocycles. The van der Waals surface area contributed by atoms with Crippen molar-refractivity contribution >= 4 is 0 Å². The summed E-state index contributed by atoms with van der Waals surface area (Å²) in [5.41, 5.74) is 0.131. The smallest absolute Gasteiger partial charge is 0.232 e. The van der Waals surface area contributed by atoms with E-state index in [1.165, 1.54) is 0 Å². The molecule has 0 unspecified atom stereocenters. The lowest BCUT2D eigenvalue weighted by atomic mass is 9.76. The summed E-state index contributed by atoms with van der Waals surface area (Å²) in [7, 11) is 0. The van der Waals surface area contributed by atoms with E-state index in [9.17, 15) is 0 Å². The van der Waals surface area contributed by atoms with E-state index in [4.69, 9.17) is 4.52 Å². The number of rotatable bonds is 3. The summed E-state index contributed by atoms with van der Waals surface area (Å²) >= 11 is 0. The number of nitrogens with zero attached hydrogens (tertiary/aromatic N) is 2. The van der Waals surface area contributed by atoms with Gasteiger partial charge in [0.2, 0.25) is 5.89 Å². The predicted molar refractivity (Wildman–Crippen MR) is 57.7 cm³/mol. The minimum absolute atomic E-state index is 0.131. The van der Waals surface area contributed by atoms with Gasteiger partial charge >= 0.3 is 0 Å². The molecule has 1 fully saturated rings. The van der Waals surface area contributed by atoms with Crippen LogP contribution in [-0.4, -0.2) is 23.2 Å². The SMILES string of the molecule is CCc1noc(C2(CC)CCNCC2)n1. The topological polar surface area (TPSA) is 51.0 Å². The molecule has 15 heavy (non-hydrogen) atoms. The molecular weight excluding hydrogens is 190 g/mol. The molecule has 0 bridgehead atoms. The highest BCUT2D eigenvalue weighted by molar-refractivity contribution is 5.07. The van der Waals surface area contributed by atoms with Gasteiger partial charge in [-0.05, 0) is 32.4 Å². The number of hydrogen-bond donors (Lipinski definition) is 1. The molecule has 1 N–H and O–H groups in total. The van der Waals surface area contributed by atoms with E-state index < -0.39 is 0 Å². The molecule has 1 aliphatic rings. The number of aryl methyl sites for hydroxylation is 1. The van der Waals surface area contributed by atoms with E-state index >= 15 is 0 Å². The lowest BCUT2D eigenvalue weighted by Gasteiger charge is -2.33. The fourth-order valence-corrected chi connectivity index (χ4v) is 2.24. The first-order valence-electron chi connectivity index (χ1n) is 5.84. The van der Waals surface area contributed by atoms with Crippen molar-refractivity contribution in [2.45, 2.75) is 44.9 Å². The molecule has 1 aromatic rings. The van der Waals surface area contributed by atoms with Crippen molar-refractivity contribution in [2.24, 2.45) is 0 Å². The summed E-state index contributed by atoms with van der Waals surface area (Å²) in [5, 5.41) is 7.37. The molecule has 0 aromatic carbocycles. The third kappa shape index (κ3) is 1.91. The van der Waals surface area contributed by atoms with Crippen molar-refractivity contribution in [2.75, 3.05) is 13.1 Å². The van der Waals surface area contributed by atoms with E-state index in [-0.39, 0.29) is 5.41 Å². The molecule has 4 nitrogen and oxygen atoms in total. The minimum Gasteiger partial charge on any atom is -0.339 e. The Kier molecular flexibility index (Phi) is 3.05. The van der Waals surface area contributed by atoms with E-state index in [0.29, 0.717) is 0 Å². The third-order valence-electron chi connectivity index (χ3n) is 3.48. The van der Waals surface area contributed by atoms with Crippen LogP contribution in [0.25, 0.3) is 0 Å². The fourth-order valence-electron chi connectivity index (χ4n) is 2.24. The molecule has 2 heterocycles. The molecule has 0 saturated carbocycles. The summed E-state index contributed by atoms with van der Waals surface area (Å²) in [6.07, 6.45) is 4.14. The van der Waals surface area contributed by atoms with Crippen LogP contribution in [0.2, 0.25) is 0 Å². The molecule has 1 aliphatic heterocycles. The number of nitrogens with one attached hydrogen (secondary N) is 1. The first kappa shape index (κ1) is 10.6. The molecule has 0 aliphatic carbocycles. The van der Waals surface area contributed by atoms with E-state index in [2.05, 4.69) is 29.3 Å². The Morgan fingerprint density at radius 3 is 2.60 bits per heavy atom. The van der Waals surface area contributed by atoms with Gasteiger partial charge in [-0.15, -0.1) is 0 Å². The Morgan fingerprint density at radius 1 is 1.33 bits per heavy atom. The highest BCUT2D eigenvalue weighted by Crippen LogP contribution is 2.35. The Balaban J connectivity index is 2.24. The monoisotopic (exact) mass is 209 g/mol. The van der Waals surface area contributed by atoms with Crippen molar-refractivity contribution in [3.05, 3.63) is 11.7 Å². The third-order valence-corrected chi connectivity index (χ3v) is 3.48. The summed E-state index contributed by atoms with van der Waals surface area (Å²) in [6, 6.07) is 0. The Hall–Kier alpha value is -0.900. The van der Waals surface area contributed by atoms with E-state index in [1.807, 2.05) is 0 Å². The van der Waals surface area contributed by atoms with E-state index in [1.54, 1.807) is 0 Å². The fraction of sp³-hybridized carbons (Fsp3) is 0.818. The first-order valence-corrected chi connectivity index (χ1v) is 5.84. The zero-order valence-corrected chi connectivity index (χ0v) is 9.55. The van der Waals surface area contributed by atoms with Crippen LogP contribution in [0.15, 0.2) is 4.52 Å². The normalized spacial score (nSPS) is 20.4. The maximum Gasteiger partial charge on any atom is 0.232 e. The summed E-state index contributed by atoms with van der Waals surface area (Å²) in [6.45, 7) is 6.37. The molecule has 0 amide bonds. The Labute approximate surface area is 90.4 Å². The molecule has 84 valence electrons. The van der Waals surface area contributed by atoms with E-state index in [0.717, 1.165) is 50.5 Å². The maximum atomic E-state index is 5.40. The van der Waals surface area contributed by atoms with Crippen LogP contribution in [-0.2, 0) is 11.8 Å². The van der Waals surface area contributed by atoms with Gasteiger partial charge < -0.3 is 9.84 Å². The lowest BCUT2D eigenvalue weighted by Crippen LogP contribution is -2.39. The summed E-state index contributed by atoms with van der Waals surface area (Å²) in [5.74, 6) is 1.68. The van der Waals surface area contributed by atoms with Crippen LogP contribution in [0, 0.1) is 0 Å². The second-order valence-electron chi connectivity index (χ2n) is 4.25. The number of aromatic nitrogens is 2. The van der Waals surface area contributed by atoms with Gasteiger partial charge in [-0.2, -0.15) is 4.98 Å². The van der Waals surface area contributed by atoms with Crippen molar-refractivity contribution in [1.29, 1.82) is 0 Å². The van der Waals surface area contributed by atoms with Crippen LogP contribution in [0.3, 0.4) is 0 Å². The van der Waals surface area contributed by atoms with Gasteiger partial charge in [-0.1, -0.05) is 19.0 Å². The van der Waals surface area contributed by atoms with Crippen molar-refractivity contribution in [3.63, 3.8) is 0 Å². The van der Waals surface area contributed by atoms with Gasteiger partial charge in [0, 0.05) is 6.42 Å². The van der Waals surface area contributed by atoms with Gasteiger partial charge in [-0.25, -0.2) is 0 Å². The van der Waals surface area contributed by atoms with Crippen molar-refractivity contribution in [3.8, 4) is 0 Å². The Morgan fingerprint density at radius 2 is 2.07 bits per heavy atom. The predicted octanol–water partition coefficient (Wildman–Crippen LogP) is 1.66. The average molecular weight is 209 g/mol. The van der Waals surface area contributed by atoms with Crippen LogP contribution in [0.4, 0.5) is 0 Å². The number of piperidine rings is 1. The average Bonchev–Trinajstić information content (AvgIpc) is 2.79. The van der Waals surface area contributed by atoms with Gasteiger partial charge in [-0.3, -0.25) is 0 Å². The molecular formula is C11H19N3O.